The number of benzene rings is 1. The Kier molecular flexibility index (Phi) is 9.82. The molecule has 0 aliphatic carbocycles. The van der Waals surface area contributed by atoms with Crippen molar-refractivity contribution in [2.75, 3.05) is 37.9 Å². The number of thiazole rings is 1. The number of ether oxygens (including phenoxy) is 2. The van der Waals surface area contributed by atoms with Gasteiger partial charge in [0.1, 0.15) is 17.2 Å². The molecular formula is C23H33N5O5S. The van der Waals surface area contributed by atoms with Gasteiger partial charge in [-0.3, -0.25) is 24.6 Å². The van der Waals surface area contributed by atoms with E-state index in [4.69, 9.17) is 9.47 Å². The molecule has 0 saturated heterocycles. The maximum absolute atomic E-state index is 12.9. The Hall–Kier alpha value is -3.18. The van der Waals surface area contributed by atoms with E-state index < -0.39 is 5.91 Å². The lowest BCUT2D eigenvalue weighted by Gasteiger charge is -2.30. The first-order valence-electron chi connectivity index (χ1n) is 10.9. The van der Waals surface area contributed by atoms with Gasteiger partial charge in [0.2, 0.25) is 5.91 Å². The highest BCUT2D eigenvalue weighted by atomic mass is 32.1. The van der Waals surface area contributed by atoms with E-state index in [1.54, 1.807) is 5.38 Å². The molecule has 1 aromatic heterocycles. The average Bonchev–Trinajstić information content (AvgIpc) is 3.23. The summed E-state index contributed by atoms with van der Waals surface area (Å²) in [6, 6.07) is 3.73. The molecule has 0 aliphatic rings. The third kappa shape index (κ3) is 7.16. The Morgan fingerprint density at radius 1 is 1.00 bits per heavy atom. The fraction of sp³-hybridized carbons (Fsp3) is 0.478. The minimum Gasteiger partial charge on any atom is -0.496 e. The fourth-order valence-corrected chi connectivity index (χ4v) is 4.15. The zero-order valence-corrected chi connectivity index (χ0v) is 21.5. The molecule has 0 radical (unpaired) electrons. The topological polar surface area (TPSA) is 122 Å². The summed E-state index contributed by atoms with van der Waals surface area (Å²) in [6.45, 7) is 11.1. The van der Waals surface area contributed by atoms with Crippen molar-refractivity contribution in [3.63, 3.8) is 0 Å². The molecule has 186 valence electrons. The van der Waals surface area contributed by atoms with Gasteiger partial charge in [0.15, 0.2) is 5.13 Å². The van der Waals surface area contributed by atoms with Gasteiger partial charge in [-0.2, -0.15) is 0 Å². The number of amides is 3. The number of methoxy groups -OCH3 is 2. The number of rotatable bonds is 11. The molecule has 34 heavy (non-hydrogen) atoms. The average molecular weight is 492 g/mol. The molecule has 2 aromatic rings. The quantitative estimate of drug-likeness (QED) is 0.441. The van der Waals surface area contributed by atoms with Gasteiger partial charge in [0, 0.05) is 43.5 Å². The van der Waals surface area contributed by atoms with Crippen molar-refractivity contribution < 1.29 is 23.9 Å². The van der Waals surface area contributed by atoms with Crippen LogP contribution in [0.1, 0.15) is 55.5 Å². The van der Waals surface area contributed by atoms with Crippen molar-refractivity contribution in [1.82, 2.24) is 15.2 Å². The maximum atomic E-state index is 12.9. The number of hydrogen-bond acceptors (Lipinski definition) is 8. The zero-order valence-electron chi connectivity index (χ0n) is 20.6. The van der Waals surface area contributed by atoms with E-state index in [-0.39, 0.29) is 34.0 Å². The predicted molar refractivity (Wildman–Crippen MR) is 133 cm³/mol. The van der Waals surface area contributed by atoms with Crippen LogP contribution in [0.2, 0.25) is 0 Å². The van der Waals surface area contributed by atoms with E-state index in [2.05, 4.69) is 53.5 Å². The Morgan fingerprint density at radius 3 is 2.21 bits per heavy atom. The Bertz CT molecular complexity index is 1010. The normalized spacial score (nSPS) is 11.0. The van der Waals surface area contributed by atoms with E-state index >= 15 is 0 Å². The van der Waals surface area contributed by atoms with Gasteiger partial charge in [-0.05, 0) is 33.8 Å². The minimum absolute atomic E-state index is 0.192. The van der Waals surface area contributed by atoms with Crippen molar-refractivity contribution in [2.24, 2.45) is 0 Å². The smallest absolute Gasteiger partial charge is 0.270 e. The summed E-state index contributed by atoms with van der Waals surface area (Å²) in [5, 5.41) is 10.0. The van der Waals surface area contributed by atoms with Crippen LogP contribution >= 0.6 is 11.3 Å². The number of anilines is 2. The van der Waals surface area contributed by atoms with Crippen LogP contribution < -0.4 is 25.4 Å². The number of nitrogens with one attached hydrogen (secondary N) is 3. The number of carbonyl (C=O) groups is 3. The van der Waals surface area contributed by atoms with Gasteiger partial charge < -0.3 is 20.1 Å². The summed E-state index contributed by atoms with van der Waals surface area (Å²) < 4.78 is 10.6. The van der Waals surface area contributed by atoms with Gasteiger partial charge in [-0.1, -0.05) is 0 Å². The summed E-state index contributed by atoms with van der Waals surface area (Å²) in [7, 11) is 2.85. The molecule has 10 nitrogen and oxygen atoms in total. The third-order valence-corrected chi connectivity index (χ3v) is 5.77. The van der Waals surface area contributed by atoms with E-state index in [1.807, 2.05) is 0 Å². The highest BCUT2D eigenvalue weighted by molar-refractivity contribution is 7.14. The van der Waals surface area contributed by atoms with Gasteiger partial charge in [-0.15, -0.1) is 11.3 Å². The maximum Gasteiger partial charge on any atom is 0.270 e. The third-order valence-electron chi connectivity index (χ3n) is 5.02. The molecule has 0 spiro atoms. The van der Waals surface area contributed by atoms with Crippen molar-refractivity contribution in [1.29, 1.82) is 0 Å². The predicted octanol–water partition coefficient (Wildman–Crippen LogP) is 3.22. The van der Waals surface area contributed by atoms with Gasteiger partial charge >= 0.3 is 0 Å². The number of aromatic nitrogens is 1. The Morgan fingerprint density at radius 2 is 1.65 bits per heavy atom. The summed E-state index contributed by atoms with van der Waals surface area (Å²) >= 11 is 1.14. The summed E-state index contributed by atoms with van der Waals surface area (Å²) in [5.74, 6) is -0.528. The highest BCUT2D eigenvalue weighted by Crippen LogP contribution is 2.33. The monoisotopic (exact) mass is 491 g/mol. The van der Waals surface area contributed by atoms with Crippen LogP contribution in [-0.4, -0.2) is 67.0 Å². The van der Waals surface area contributed by atoms with Crippen molar-refractivity contribution in [3.05, 3.63) is 28.8 Å². The molecule has 2 rings (SSSR count). The molecule has 0 saturated carbocycles. The summed E-state index contributed by atoms with van der Waals surface area (Å²) in [5.41, 5.74) is 0.800. The molecule has 0 aliphatic heterocycles. The van der Waals surface area contributed by atoms with Crippen LogP contribution in [-0.2, 0) is 4.79 Å². The summed E-state index contributed by atoms with van der Waals surface area (Å²) in [4.78, 5) is 43.3. The lowest BCUT2D eigenvalue weighted by molar-refractivity contribution is -0.114. The molecule has 1 aromatic carbocycles. The molecule has 1 heterocycles. The first-order valence-corrected chi connectivity index (χ1v) is 11.8. The lowest BCUT2D eigenvalue weighted by atomic mass is 10.1. The van der Waals surface area contributed by atoms with Gasteiger partial charge in [0.05, 0.1) is 25.5 Å². The first-order chi connectivity index (χ1) is 16.1. The van der Waals surface area contributed by atoms with Crippen LogP contribution in [0, 0.1) is 0 Å². The number of hydrogen-bond donors (Lipinski definition) is 3. The molecule has 11 heteroatoms. The number of carbonyl (C=O) groups excluding carboxylic acids is 3. The first kappa shape index (κ1) is 27.1. The molecule has 0 fully saturated rings. The van der Waals surface area contributed by atoms with Crippen molar-refractivity contribution in [2.45, 2.75) is 46.7 Å². The molecule has 3 amide bonds. The Labute approximate surface area is 204 Å². The second-order valence-corrected chi connectivity index (χ2v) is 8.97. The zero-order chi connectivity index (χ0) is 25.4. The van der Waals surface area contributed by atoms with Gasteiger partial charge in [0.25, 0.3) is 11.8 Å². The van der Waals surface area contributed by atoms with Crippen LogP contribution in [0.5, 0.6) is 11.5 Å². The molecular weight excluding hydrogens is 458 g/mol. The molecule has 0 bridgehead atoms. The van der Waals surface area contributed by atoms with Gasteiger partial charge in [-0.25, -0.2) is 4.98 Å². The largest absolute Gasteiger partial charge is 0.496 e. The van der Waals surface area contributed by atoms with Crippen LogP contribution in [0.25, 0.3) is 0 Å². The SMILES string of the molecule is COc1cc(C(=O)Nc2nc(C(=O)NCCN(C(C)C)C(C)C)cs2)c(OC)cc1NC(C)=O. The molecule has 0 atom stereocenters. The second-order valence-electron chi connectivity index (χ2n) is 8.11. The fourth-order valence-electron chi connectivity index (χ4n) is 3.46. The molecule has 0 unspecified atom stereocenters. The standard InChI is InChI=1S/C23H33N5O5S/c1-13(2)28(14(3)4)9-8-24-22(31)18-12-34-23(26-18)27-21(30)16-10-20(33-7)17(25-15(5)29)11-19(16)32-6/h10-14H,8-9H2,1-7H3,(H,24,31)(H,25,29)(H,26,27,30). The minimum atomic E-state index is -0.490. The van der Waals surface area contributed by atoms with E-state index in [0.717, 1.165) is 17.9 Å². The summed E-state index contributed by atoms with van der Waals surface area (Å²) in [6.07, 6.45) is 0. The highest BCUT2D eigenvalue weighted by Gasteiger charge is 2.20. The Balaban J connectivity index is 2.07. The van der Waals surface area contributed by atoms with Crippen molar-refractivity contribution in [3.8, 4) is 11.5 Å². The van der Waals surface area contributed by atoms with Crippen LogP contribution in [0.3, 0.4) is 0 Å². The van der Waals surface area contributed by atoms with Crippen molar-refractivity contribution >= 4 is 39.9 Å². The van der Waals surface area contributed by atoms with E-state index in [1.165, 1.54) is 33.3 Å². The van der Waals surface area contributed by atoms with E-state index in [9.17, 15) is 14.4 Å². The van der Waals surface area contributed by atoms with E-state index in [0.29, 0.717) is 30.1 Å². The lowest BCUT2D eigenvalue weighted by Crippen LogP contribution is -2.42. The van der Waals surface area contributed by atoms with Crippen LogP contribution in [0.15, 0.2) is 17.5 Å². The number of nitrogens with zero attached hydrogens (tertiary/aromatic N) is 2. The second kappa shape index (κ2) is 12.3. The van der Waals surface area contributed by atoms with Crippen LogP contribution in [0.4, 0.5) is 10.8 Å². The molecule has 3 N–H and O–H groups in total.